The van der Waals surface area contributed by atoms with Crippen molar-refractivity contribution in [3.05, 3.63) is 65.3 Å². The smallest absolute Gasteiger partial charge is 0.352 e. The number of amides is 5. The highest BCUT2D eigenvalue weighted by Gasteiger charge is 2.55. The van der Waals surface area contributed by atoms with E-state index in [1.54, 1.807) is 7.05 Å². The van der Waals surface area contributed by atoms with Crippen LogP contribution in [0.4, 0.5) is 4.79 Å². The van der Waals surface area contributed by atoms with Crippen LogP contribution in [0.3, 0.4) is 0 Å². The maximum absolute atomic E-state index is 13.7. The van der Waals surface area contributed by atoms with E-state index >= 15 is 0 Å². The van der Waals surface area contributed by atoms with Gasteiger partial charge >= 0.3 is 12.0 Å². The normalized spacial score (nSPS) is 18.6. The fourth-order valence-corrected chi connectivity index (χ4v) is 6.80. The van der Waals surface area contributed by atoms with E-state index in [1.807, 2.05) is 0 Å². The van der Waals surface area contributed by atoms with Crippen molar-refractivity contribution in [2.75, 3.05) is 11.5 Å². The predicted molar refractivity (Wildman–Crippen MR) is 145 cm³/mol. The number of aliphatic carboxylic acids is 1. The summed E-state index contributed by atoms with van der Waals surface area (Å²) in [7, 11) is 1.64. The summed E-state index contributed by atoms with van der Waals surface area (Å²) >= 11 is 2.46. The van der Waals surface area contributed by atoms with Gasteiger partial charge in [-0.15, -0.1) is 16.9 Å². The van der Waals surface area contributed by atoms with E-state index in [1.165, 1.54) is 64.8 Å². The summed E-state index contributed by atoms with van der Waals surface area (Å²) in [5.41, 5.74) is 5.88. The number of carboxylic acid groups (broad SMARTS) is 1. The number of hydrogen-bond acceptors (Lipinski definition) is 12. The average Bonchev–Trinajstić information content (AvgIpc) is 3.65. The number of furan rings is 1. The molecular weight excluding hydrogens is 592 g/mol. The van der Waals surface area contributed by atoms with Gasteiger partial charge in [-0.3, -0.25) is 19.3 Å². The van der Waals surface area contributed by atoms with Crippen LogP contribution in [-0.4, -0.2) is 92.9 Å². The van der Waals surface area contributed by atoms with Gasteiger partial charge in [0.25, 0.3) is 11.8 Å². The summed E-state index contributed by atoms with van der Waals surface area (Å²) in [5.74, 6) is -3.53. The molecule has 42 heavy (non-hydrogen) atoms. The van der Waals surface area contributed by atoms with Crippen molar-refractivity contribution < 1.29 is 38.6 Å². The lowest BCUT2D eigenvalue weighted by atomic mass is 10.00. The predicted octanol–water partition coefficient (Wildman–Crippen LogP) is 0.302. The summed E-state index contributed by atoms with van der Waals surface area (Å²) in [5, 5.41) is 33.1. The van der Waals surface area contributed by atoms with Crippen molar-refractivity contribution in [3.8, 4) is 5.75 Å². The third-order valence-corrected chi connectivity index (χ3v) is 8.88. The summed E-state index contributed by atoms with van der Waals surface area (Å²) in [6, 6.07) is 2.39. The number of urea groups is 1. The highest BCUT2D eigenvalue weighted by molar-refractivity contribution is 8.01. The number of tetrazole rings is 1. The van der Waals surface area contributed by atoms with Gasteiger partial charge in [0.15, 0.2) is 0 Å². The Labute approximate surface area is 244 Å². The molecule has 3 atom stereocenters. The van der Waals surface area contributed by atoms with Crippen molar-refractivity contribution >= 4 is 53.2 Å². The second-order valence-electron chi connectivity index (χ2n) is 9.05. The third kappa shape index (κ3) is 5.28. The topological polar surface area (TPSA) is 227 Å². The zero-order valence-corrected chi connectivity index (χ0v) is 23.2. The molecule has 18 heteroatoms. The number of thioether (sulfide) groups is 2. The Bertz CT molecular complexity index is 1590. The van der Waals surface area contributed by atoms with Crippen molar-refractivity contribution in [1.29, 1.82) is 0 Å². The molecule has 0 spiro atoms. The molecular formula is C24H22N8O8S2. The molecule has 5 amide bonds. The molecule has 2 aliphatic rings. The highest BCUT2D eigenvalue weighted by atomic mass is 32.2. The number of aromatic hydroxyl groups is 1. The lowest BCUT2D eigenvalue weighted by molar-refractivity contribution is -0.151. The Morgan fingerprint density at radius 2 is 2.00 bits per heavy atom. The van der Waals surface area contributed by atoms with Crippen LogP contribution in [-0.2, 0) is 21.4 Å². The molecule has 0 saturated carbocycles. The number of aromatic nitrogens is 4. The average molecular weight is 615 g/mol. The number of carbonyl (C=O) groups excluding carboxylic acids is 4. The number of fused-ring (bicyclic) bond motifs is 1. The summed E-state index contributed by atoms with van der Waals surface area (Å²) in [6.07, 6.45) is 2.28. The van der Waals surface area contributed by atoms with Gasteiger partial charge < -0.3 is 25.7 Å². The fourth-order valence-electron chi connectivity index (χ4n) is 4.47. The van der Waals surface area contributed by atoms with Crippen molar-refractivity contribution in [3.63, 3.8) is 0 Å². The van der Waals surface area contributed by atoms with Crippen molar-refractivity contribution in [2.24, 2.45) is 12.8 Å². The molecule has 4 heterocycles. The number of primary amides is 1. The number of rotatable bonds is 9. The first-order valence-electron chi connectivity index (χ1n) is 12.1. The lowest BCUT2D eigenvalue weighted by Gasteiger charge is -2.49. The second kappa shape index (κ2) is 11.6. The molecule has 0 bridgehead atoms. The van der Waals surface area contributed by atoms with E-state index < -0.39 is 47.2 Å². The number of hydrogen-bond donors (Lipinski definition) is 4. The van der Waals surface area contributed by atoms with Crippen LogP contribution in [0, 0.1) is 0 Å². The number of phenolic OH excluding ortho intramolecular Hbond substituents is 1. The number of benzene rings is 1. The minimum absolute atomic E-state index is 0.0575. The minimum atomic E-state index is -1.64. The quantitative estimate of drug-likeness (QED) is 0.188. The number of imide groups is 1. The van der Waals surface area contributed by atoms with Gasteiger partial charge in [-0.25, -0.2) is 19.2 Å². The van der Waals surface area contributed by atoms with E-state index in [-0.39, 0.29) is 34.1 Å². The van der Waals surface area contributed by atoms with Gasteiger partial charge in [-0.1, -0.05) is 23.9 Å². The molecule has 1 aromatic carbocycles. The largest absolute Gasteiger partial charge is 0.508 e. The van der Waals surface area contributed by atoms with Crippen LogP contribution < -0.4 is 11.1 Å². The number of nitrogens with zero attached hydrogens (tertiary/aromatic N) is 6. The van der Waals surface area contributed by atoms with Crippen LogP contribution in [0.5, 0.6) is 5.75 Å². The van der Waals surface area contributed by atoms with Crippen LogP contribution >= 0.6 is 23.5 Å². The third-order valence-electron chi connectivity index (χ3n) is 6.44. The zero-order chi connectivity index (χ0) is 30.1. The van der Waals surface area contributed by atoms with Gasteiger partial charge in [0, 0.05) is 18.6 Å². The van der Waals surface area contributed by atoms with Crippen LogP contribution in [0.25, 0.3) is 0 Å². The van der Waals surface area contributed by atoms with E-state index in [0.717, 1.165) is 11.2 Å². The van der Waals surface area contributed by atoms with Crippen LogP contribution in [0.1, 0.15) is 22.0 Å². The molecule has 16 nitrogen and oxygen atoms in total. The number of carbonyl (C=O) groups is 5. The van der Waals surface area contributed by atoms with E-state index in [0.29, 0.717) is 15.6 Å². The van der Waals surface area contributed by atoms with Gasteiger partial charge in [-0.2, -0.15) is 0 Å². The molecule has 0 radical (unpaired) electrons. The first-order chi connectivity index (χ1) is 20.1. The molecule has 1 saturated heterocycles. The molecule has 218 valence electrons. The summed E-state index contributed by atoms with van der Waals surface area (Å²) in [4.78, 5) is 66.4. The minimum Gasteiger partial charge on any atom is -0.508 e. The van der Waals surface area contributed by atoms with E-state index in [4.69, 9.17) is 10.2 Å². The molecule has 0 aliphatic carbocycles. The molecule has 3 aromatic rings. The number of nitrogens with one attached hydrogen (secondary N) is 1. The second-order valence-corrected chi connectivity index (χ2v) is 11.1. The maximum atomic E-state index is 13.7. The standard InChI is InChI=1S/C24H22N8O8S2/c1-30-24(27-28-29-30)42-10-13-9-41-21-15(20(36)31(21)17(13)22(37)38)26-18(34)16(11-2-4-14(33)5-3-11)32(23(25)39)19(35)12-6-7-40-8-12/h2-8,15-16,21,33H,9-10H2,1H3,(H2,25,39)(H,26,34)(H,37,38)/t15-,16?,21-/m0/s1. The first kappa shape index (κ1) is 28.7. The van der Waals surface area contributed by atoms with E-state index in [9.17, 15) is 34.2 Å². The Morgan fingerprint density at radius 1 is 1.26 bits per heavy atom. The molecule has 5 N–H and O–H groups in total. The Kier molecular flexibility index (Phi) is 7.90. The number of nitrogens with two attached hydrogens (primary N) is 1. The van der Waals surface area contributed by atoms with Gasteiger partial charge in [0.1, 0.15) is 35.2 Å². The zero-order valence-electron chi connectivity index (χ0n) is 21.6. The molecule has 5 rings (SSSR count). The Morgan fingerprint density at radius 3 is 2.60 bits per heavy atom. The molecule has 2 aromatic heterocycles. The van der Waals surface area contributed by atoms with Gasteiger partial charge in [0.2, 0.25) is 11.1 Å². The highest BCUT2D eigenvalue weighted by Crippen LogP contribution is 2.42. The van der Waals surface area contributed by atoms with Gasteiger partial charge in [-0.05, 0) is 39.8 Å². The lowest BCUT2D eigenvalue weighted by Crippen LogP contribution is -2.71. The molecule has 1 unspecified atom stereocenters. The summed E-state index contributed by atoms with van der Waals surface area (Å²) in [6.45, 7) is 0. The fraction of sp³-hybridized carbons (Fsp3) is 0.250. The van der Waals surface area contributed by atoms with E-state index in [2.05, 4.69) is 20.8 Å². The summed E-state index contributed by atoms with van der Waals surface area (Å²) < 4.78 is 6.36. The Hall–Kier alpha value is -4.84. The number of aryl methyl sites for hydroxylation is 1. The maximum Gasteiger partial charge on any atom is 0.352 e. The Balaban J connectivity index is 1.40. The van der Waals surface area contributed by atoms with Crippen molar-refractivity contribution in [1.82, 2.24) is 35.3 Å². The number of carboxylic acids is 1. The van der Waals surface area contributed by atoms with Crippen molar-refractivity contribution in [2.45, 2.75) is 22.6 Å². The van der Waals surface area contributed by atoms with Crippen LogP contribution in [0.2, 0.25) is 0 Å². The number of β-lactam (4-membered cyclic amide) rings is 1. The number of phenols is 1. The van der Waals surface area contributed by atoms with Gasteiger partial charge in [0.05, 0.1) is 11.8 Å². The molecule has 1 fully saturated rings. The van der Waals surface area contributed by atoms with Crippen LogP contribution in [0.15, 0.2) is 63.7 Å². The first-order valence-corrected chi connectivity index (χ1v) is 14.1. The molecule has 2 aliphatic heterocycles. The monoisotopic (exact) mass is 614 g/mol. The SMILES string of the molecule is Cn1nnnc1SCC1=C(C(=O)O)N2C(=O)[C@H](NC(=O)C(c3ccc(O)cc3)N(C(N)=O)C(=O)c3ccoc3)[C@@H]2SC1.